The van der Waals surface area contributed by atoms with Gasteiger partial charge in [0.05, 0.1) is 11.4 Å². The van der Waals surface area contributed by atoms with Crippen LogP contribution in [-0.4, -0.2) is 40.4 Å². The predicted octanol–water partition coefficient (Wildman–Crippen LogP) is 2.42. The zero-order valence-corrected chi connectivity index (χ0v) is 13.7. The van der Waals surface area contributed by atoms with E-state index in [2.05, 4.69) is 60.7 Å². The lowest BCUT2D eigenvalue weighted by Gasteiger charge is -2.33. The average Bonchev–Trinajstić information content (AvgIpc) is 2.58. The molecule has 1 atom stereocenters. The largest absolute Gasteiger partial charge is 0.312 e. The molecule has 4 heteroatoms. The first kappa shape index (κ1) is 15.5. The minimum Gasteiger partial charge on any atom is -0.312 e. The van der Waals surface area contributed by atoms with Gasteiger partial charge in [0.25, 0.3) is 0 Å². The van der Waals surface area contributed by atoms with Gasteiger partial charge in [-0.15, -0.1) is 0 Å². The van der Waals surface area contributed by atoms with Crippen LogP contribution in [-0.2, 0) is 13.1 Å². The predicted molar refractivity (Wildman–Crippen MR) is 83.8 cm³/mol. The molecule has 1 aliphatic rings. The lowest BCUT2D eigenvalue weighted by atomic mass is 9.86. The van der Waals surface area contributed by atoms with Crippen molar-refractivity contribution in [1.29, 1.82) is 0 Å². The highest BCUT2D eigenvalue weighted by Gasteiger charge is 2.28. The van der Waals surface area contributed by atoms with E-state index in [1.165, 1.54) is 18.7 Å². The Morgan fingerprint density at radius 3 is 2.80 bits per heavy atom. The SMILES string of the molecule is CCn1nc(C)cc1CN1CCCNC(C(C)(C)C)C1. The van der Waals surface area contributed by atoms with E-state index in [-0.39, 0.29) is 0 Å². The summed E-state index contributed by atoms with van der Waals surface area (Å²) in [5.74, 6) is 0. The van der Waals surface area contributed by atoms with Gasteiger partial charge < -0.3 is 5.32 Å². The van der Waals surface area contributed by atoms with Gasteiger partial charge in [-0.2, -0.15) is 5.10 Å². The fourth-order valence-electron chi connectivity index (χ4n) is 2.95. The zero-order valence-electron chi connectivity index (χ0n) is 13.7. The molecule has 2 rings (SSSR count). The molecule has 2 heterocycles. The van der Waals surface area contributed by atoms with Gasteiger partial charge in [0.1, 0.15) is 0 Å². The van der Waals surface area contributed by atoms with Gasteiger partial charge in [0.2, 0.25) is 0 Å². The molecule has 1 unspecified atom stereocenters. The number of hydrogen-bond acceptors (Lipinski definition) is 3. The summed E-state index contributed by atoms with van der Waals surface area (Å²) in [6.45, 7) is 16.6. The maximum atomic E-state index is 4.56. The molecule has 1 aromatic heterocycles. The van der Waals surface area contributed by atoms with Crippen LogP contribution in [0.3, 0.4) is 0 Å². The molecule has 20 heavy (non-hydrogen) atoms. The summed E-state index contributed by atoms with van der Waals surface area (Å²) < 4.78 is 2.14. The van der Waals surface area contributed by atoms with Gasteiger partial charge in [-0.1, -0.05) is 20.8 Å². The van der Waals surface area contributed by atoms with Gasteiger partial charge in [0.15, 0.2) is 0 Å². The summed E-state index contributed by atoms with van der Waals surface area (Å²) in [6.07, 6.45) is 1.23. The van der Waals surface area contributed by atoms with Crippen LogP contribution < -0.4 is 5.32 Å². The molecule has 0 radical (unpaired) electrons. The molecular weight excluding hydrogens is 248 g/mol. The number of nitrogens with one attached hydrogen (secondary N) is 1. The van der Waals surface area contributed by atoms with Crippen LogP contribution in [0.5, 0.6) is 0 Å². The first-order chi connectivity index (χ1) is 9.40. The van der Waals surface area contributed by atoms with E-state index in [4.69, 9.17) is 0 Å². The lowest BCUT2D eigenvalue weighted by Crippen LogP contribution is -2.46. The van der Waals surface area contributed by atoms with Crippen LogP contribution >= 0.6 is 0 Å². The smallest absolute Gasteiger partial charge is 0.0597 e. The molecule has 0 saturated carbocycles. The van der Waals surface area contributed by atoms with Gasteiger partial charge in [-0.05, 0) is 44.8 Å². The summed E-state index contributed by atoms with van der Waals surface area (Å²) in [6, 6.07) is 2.79. The first-order valence-electron chi connectivity index (χ1n) is 7.89. The molecular formula is C16H30N4. The highest BCUT2D eigenvalue weighted by molar-refractivity contribution is 5.09. The van der Waals surface area contributed by atoms with E-state index >= 15 is 0 Å². The average molecular weight is 278 g/mol. The van der Waals surface area contributed by atoms with Crippen LogP contribution in [0.1, 0.15) is 45.5 Å². The Morgan fingerprint density at radius 2 is 2.15 bits per heavy atom. The van der Waals surface area contributed by atoms with Gasteiger partial charge in [0, 0.05) is 25.7 Å². The van der Waals surface area contributed by atoms with Crippen LogP contribution in [0.25, 0.3) is 0 Å². The normalized spacial score (nSPS) is 21.9. The molecule has 1 N–H and O–H groups in total. The second kappa shape index (κ2) is 6.27. The van der Waals surface area contributed by atoms with Crippen molar-refractivity contribution in [2.24, 2.45) is 5.41 Å². The molecule has 1 fully saturated rings. The molecule has 0 aromatic carbocycles. The molecule has 1 saturated heterocycles. The fraction of sp³-hybridized carbons (Fsp3) is 0.812. The maximum absolute atomic E-state index is 4.56. The van der Waals surface area contributed by atoms with Gasteiger partial charge in [-0.25, -0.2) is 0 Å². The van der Waals surface area contributed by atoms with E-state index in [0.717, 1.165) is 31.9 Å². The fourth-order valence-corrected chi connectivity index (χ4v) is 2.95. The molecule has 1 aromatic rings. The number of rotatable bonds is 3. The first-order valence-corrected chi connectivity index (χ1v) is 7.89. The van der Waals surface area contributed by atoms with E-state index in [9.17, 15) is 0 Å². The molecule has 0 amide bonds. The Hall–Kier alpha value is -0.870. The van der Waals surface area contributed by atoms with Crippen molar-refractivity contribution in [3.63, 3.8) is 0 Å². The van der Waals surface area contributed by atoms with Crippen molar-refractivity contribution in [1.82, 2.24) is 20.0 Å². The number of aromatic nitrogens is 2. The van der Waals surface area contributed by atoms with E-state index < -0.39 is 0 Å². The van der Waals surface area contributed by atoms with Crippen LogP contribution in [0.2, 0.25) is 0 Å². The maximum Gasteiger partial charge on any atom is 0.0597 e. The number of nitrogens with zero attached hydrogens (tertiary/aromatic N) is 3. The van der Waals surface area contributed by atoms with E-state index in [0.29, 0.717) is 11.5 Å². The molecule has 0 aliphatic carbocycles. The Labute approximate surface area is 123 Å². The Morgan fingerprint density at radius 1 is 1.40 bits per heavy atom. The Bertz CT molecular complexity index is 430. The van der Waals surface area contributed by atoms with Crippen molar-refractivity contribution >= 4 is 0 Å². The summed E-state index contributed by atoms with van der Waals surface area (Å²) >= 11 is 0. The summed E-state index contributed by atoms with van der Waals surface area (Å²) in [4.78, 5) is 2.58. The summed E-state index contributed by atoms with van der Waals surface area (Å²) in [7, 11) is 0. The molecule has 114 valence electrons. The second-order valence-corrected chi connectivity index (χ2v) is 7.05. The van der Waals surface area contributed by atoms with E-state index in [1.807, 2.05) is 0 Å². The van der Waals surface area contributed by atoms with E-state index in [1.54, 1.807) is 0 Å². The minimum atomic E-state index is 0.309. The Kier molecular flexibility index (Phi) is 4.86. The third-order valence-corrected chi connectivity index (χ3v) is 4.20. The second-order valence-electron chi connectivity index (χ2n) is 7.05. The zero-order chi connectivity index (χ0) is 14.8. The van der Waals surface area contributed by atoms with Crippen molar-refractivity contribution in [2.45, 2.75) is 60.2 Å². The molecule has 4 nitrogen and oxygen atoms in total. The van der Waals surface area contributed by atoms with Gasteiger partial charge in [-0.3, -0.25) is 9.58 Å². The lowest BCUT2D eigenvalue weighted by molar-refractivity contribution is 0.189. The highest BCUT2D eigenvalue weighted by atomic mass is 15.3. The van der Waals surface area contributed by atoms with Crippen molar-refractivity contribution in [3.05, 3.63) is 17.5 Å². The highest BCUT2D eigenvalue weighted by Crippen LogP contribution is 2.22. The quantitative estimate of drug-likeness (QED) is 0.922. The molecule has 1 aliphatic heterocycles. The van der Waals surface area contributed by atoms with Crippen LogP contribution in [0, 0.1) is 12.3 Å². The van der Waals surface area contributed by atoms with Crippen molar-refractivity contribution in [2.75, 3.05) is 19.6 Å². The third kappa shape index (κ3) is 3.83. The monoisotopic (exact) mass is 278 g/mol. The topological polar surface area (TPSA) is 33.1 Å². The summed E-state index contributed by atoms with van der Waals surface area (Å²) in [5.41, 5.74) is 2.78. The standard InChI is InChI=1S/C16H30N4/c1-6-20-14(10-13(2)18-20)11-19-9-7-8-17-15(12-19)16(3,4)5/h10,15,17H,6-9,11-12H2,1-5H3. The van der Waals surface area contributed by atoms with Crippen molar-refractivity contribution in [3.8, 4) is 0 Å². The van der Waals surface area contributed by atoms with Crippen LogP contribution in [0.15, 0.2) is 6.07 Å². The molecule has 0 spiro atoms. The number of aryl methyl sites for hydroxylation is 2. The van der Waals surface area contributed by atoms with Gasteiger partial charge >= 0.3 is 0 Å². The summed E-state index contributed by atoms with van der Waals surface area (Å²) in [5, 5.41) is 8.27. The number of hydrogen-bond donors (Lipinski definition) is 1. The molecule has 0 bridgehead atoms. The Balaban J connectivity index is 2.07. The minimum absolute atomic E-state index is 0.309. The third-order valence-electron chi connectivity index (χ3n) is 4.20. The van der Waals surface area contributed by atoms with Crippen LogP contribution in [0.4, 0.5) is 0 Å². The van der Waals surface area contributed by atoms with Crippen molar-refractivity contribution < 1.29 is 0 Å².